The van der Waals surface area contributed by atoms with Crippen LogP contribution < -0.4 is 4.74 Å². The minimum absolute atomic E-state index is 0.00591. The molecule has 3 rings (SSSR count). The highest BCUT2D eigenvalue weighted by atomic mass is 79.9. The van der Waals surface area contributed by atoms with Gasteiger partial charge in [0.15, 0.2) is 6.61 Å². The lowest BCUT2D eigenvalue weighted by Gasteiger charge is -2.24. The minimum atomic E-state index is -0.0764. The molecule has 1 aliphatic heterocycles. The Morgan fingerprint density at radius 1 is 1.28 bits per heavy atom. The van der Waals surface area contributed by atoms with Crippen LogP contribution in [0.4, 0.5) is 0 Å². The topological polar surface area (TPSA) is 51.9 Å². The van der Waals surface area contributed by atoms with Gasteiger partial charge in [0.2, 0.25) is 0 Å². The fraction of sp³-hybridized carbons (Fsp3) is 0.421. The molecule has 6 heteroatoms. The zero-order chi connectivity index (χ0) is 17.6. The van der Waals surface area contributed by atoms with Crippen LogP contribution in [-0.2, 0) is 16.1 Å². The highest BCUT2D eigenvalue weighted by molar-refractivity contribution is 9.10. The number of ether oxygens (including phenoxy) is 2. The second kappa shape index (κ2) is 8.54. The lowest BCUT2D eigenvalue weighted by molar-refractivity contribution is -0.135. The van der Waals surface area contributed by atoms with E-state index in [1.54, 1.807) is 4.90 Å². The van der Waals surface area contributed by atoms with Crippen LogP contribution in [-0.4, -0.2) is 36.7 Å². The van der Waals surface area contributed by atoms with E-state index >= 15 is 0 Å². The van der Waals surface area contributed by atoms with Gasteiger partial charge in [-0.1, -0.05) is 15.9 Å². The highest BCUT2D eigenvalue weighted by Gasteiger charge is 2.24. The summed E-state index contributed by atoms with van der Waals surface area (Å²) in [6.07, 6.45) is 2.11. The fourth-order valence-corrected chi connectivity index (χ4v) is 3.08. The number of carbonyl (C=O) groups is 1. The number of halogens is 1. The molecule has 1 amide bonds. The molecule has 25 heavy (non-hydrogen) atoms. The van der Waals surface area contributed by atoms with Gasteiger partial charge >= 0.3 is 0 Å². The van der Waals surface area contributed by atoms with Crippen molar-refractivity contribution in [3.8, 4) is 5.75 Å². The van der Waals surface area contributed by atoms with Gasteiger partial charge in [0, 0.05) is 17.6 Å². The summed E-state index contributed by atoms with van der Waals surface area (Å²) in [6, 6.07) is 11.2. The highest BCUT2D eigenvalue weighted by Crippen LogP contribution is 2.18. The Balaban J connectivity index is 1.61. The van der Waals surface area contributed by atoms with E-state index in [9.17, 15) is 4.79 Å². The Labute approximate surface area is 156 Å². The van der Waals surface area contributed by atoms with Crippen LogP contribution in [0.3, 0.4) is 0 Å². The molecule has 1 unspecified atom stereocenters. The average molecular weight is 408 g/mol. The maximum atomic E-state index is 12.7. The number of hydrogen-bond donors (Lipinski definition) is 0. The molecule has 5 nitrogen and oxygen atoms in total. The van der Waals surface area contributed by atoms with E-state index in [-0.39, 0.29) is 18.6 Å². The summed E-state index contributed by atoms with van der Waals surface area (Å²) in [4.78, 5) is 14.4. The lowest BCUT2D eigenvalue weighted by Crippen LogP contribution is -2.39. The number of hydrogen-bond acceptors (Lipinski definition) is 4. The molecule has 1 saturated heterocycles. The predicted octanol–water partition coefficient (Wildman–Crippen LogP) is 3.94. The Bertz CT molecular complexity index is 692. The molecule has 0 saturated carbocycles. The molecule has 0 aliphatic carbocycles. The predicted molar refractivity (Wildman–Crippen MR) is 97.5 cm³/mol. The van der Waals surface area contributed by atoms with Crippen molar-refractivity contribution in [3.63, 3.8) is 0 Å². The summed E-state index contributed by atoms with van der Waals surface area (Å²) in [5.74, 6) is 2.20. The number of benzene rings is 1. The van der Waals surface area contributed by atoms with Crippen molar-refractivity contribution in [3.05, 3.63) is 52.4 Å². The zero-order valence-electron chi connectivity index (χ0n) is 14.2. The van der Waals surface area contributed by atoms with Gasteiger partial charge in [-0.15, -0.1) is 0 Å². The molecule has 2 aromatic rings. The van der Waals surface area contributed by atoms with Crippen molar-refractivity contribution in [1.29, 1.82) is 0 Å². The largest absolute Gasteiger partial charge is 0.484 e. The molecule has 1 aromatic carbocycles. The zero-order valence-corrected chi connectivity index (χ0v) is 15.8. The Morgan fingerprint density at radius 2 is 2.08 bits per heavy atom. The standard InChI is InChI=1S/C19H22BrNO4/c1-14-4-7-18(25-14)12-21(11-17-3-2-10-23-17)19(22)13-24-16-8-5-15(20)6-9-16/h4-9,17H,2-3,10-13H2,1H3. The maximum Gasteiger partial charge on any atom is 0.261 e. The van der Waals surface area contributed by atoms with Crippen molar-refractivity contribution >= 4 is 21.8 Å². The van der Waals surface area contributed by atoms with Crippen LogP contribution in [0.1, 0.15) is 24.4 Å². The Morgan fingerprint density at radius 3 is 2.72 bits per heavy atom. The van der Waals surface area contributed by atoms with Crippen molar-refractivity contribution in [2.75, 3.05) is 19.8 Å². The van der Waals surface area contributed by atoms with Gasteiger partial charge in [0.25, 0.3) is 5.91 Å². The molecular weight excluding hydrogens is 386 g/mol. The van der Waals surface area contributed by atoms with Crippen LogP contribution in [0.25, 0.3) is 0 Å². The van der Waals surface area contributed by atoms with Crippen molar-refractivity contribution < 1.29 is 18.7 Å². The number of carbonyl (C=O) groups excluding carboxylic acids is 1. The van der Waals surface area contributed by atoms with Gasteiger partial charge in [-0.3, -0.25) is 4.79 Å². The van der Waals surface area contributed by atoms with Crippen LogP contribution in [0, 0.1) is 6.92 Å². The fourth-order valence-electron chi connectivity index (χ4n) is 2.81. The third-order valence-corrected chi connectivity index (χ3v) is 4.65. The van der Waals surface area contributed by atoms with E-state index in [1.165, 1.54) is 0 Å². The second-order valence-corrected chi connectivity index (χ2v) is 7.08. The van der Waals surface area contributed by atoms with Gasteiger partial charge in [-0.2, -0.15) is 0 Å². The number of amides is 1. The molecule has 0 N–H and O–H groups in total. The molecule has 134 valence electrons. The minimum Gasteiger partial charge on any atom is -0.484 e. The van der Waals surface area contributed by atoms with Crippen molar-refractivity contribution in [1.82, 2.24) is 4.90 Å². The molecule has 1 aromatic heterocycles. The monoisotopic (exact) mass is 407 g/mol. The van der Waals surface area contributed by atoms with E-state index in [0.29, 0.717) is 18.8 Å². The summed E-state index contributed by atoms with van der Waals surface area (Å²) < 4.78 is 17.9. The summed E-state index contributed by atoms with van der Waals surface area (Å²) >= 11 is 3.38. The first-order chi connectivity index (χ1) is 12.1. The van der Waals surface area contributed by atoms with Gasteiger partial charge in [0.1, 0.15) is 17.3 Å². The van der Waals surface area contributed by atoms with E-state index in [2.05, 4.69) is 15.9 Å². The number of aryl methyl sites for hydroxylation is 1. The molecule has 0 bridgehead atoms. The first-order valence-electron chi connectivity index (χ1n) is 8.43. The number of nitrogens with zero attached hydrogens (tertiary/aromatic N) is 1. The average Bonchev–Trinajstić information content (AvgIpc) is 3.25. The molecule has 2 heterocycles. The maximum absolute atomic E-state index is 12.7. The Hall–Kier alpha value is -1.79. The van der Waals surface area contributed by atoms with Gasteiger partial charge in [-0.05, 0) is 56.2 Å². The third kappa shape index (κ3) is 5.34. The number of rotatable bonds is 7. The molecule has 1 fully saturated rings. The quantitative estimate of drug-likeness (QED) is 0.697. The van der Waals surface area contributed by atoms with Gasteiger partial charge < -0.3 is 18.8 Å². The first-order valence-corrected chi connectivity index (χ1v) is 9.22. The summed E-state index contributed by atoms with van der Waals surface area (Å²) in [7, 11) is 0. The van der Waals surface area contributed by atoms with Gasteiger partial charge in [-0.25, -0.2) is 0 Å². The van der Waals surface area contributed by atoms with E-state index in [0.717, 1.165) is 35.4 Å². The lowest BCUT2D eigenvalue weighted by atomic mass is 10.2. The Kier molecular flexibility index (Phi) is 6.15. The van der Waals surface area contributed by atoms with E-state index in [4.69, 9.17) is 13.9 Å². The molecule has 1 atom stereocenters. The summed E-state index contributed by atoms with van der Waals surface area (Å²) in [5, 5.41) is 0. The van der Waals surface area contributed by atoms with Crippen LogP contribution in [0.5, 0.6) is 5.75 Å². The van der Waals surface area contributed by atoms with Crippen LogP contribution >= 0.6 is 15.9 Å². The normalized spacial score (nSPS) is 16.8. The molecule has 0 spiro atoms. The van der Waals surface area contributed by atoms with Gasteiger partial charge in [0.05, 0.1) is 12.6 Å². The second-order valence-electron chi connectivity index (χ2n) is 6.16. The smallest absolute Gasteiger partial charge is 0.261 e. The molecule has 0 radical (unpaired) electrons. The molecule has 1 aliphatic rings. The molecular formula is C19H22BrNO4. The van der Waals surface area contributed by atoms with Crippen molar-refractivity contribution in [2.24, 2.45) is 0 Å². The summed E-state index contributed by atoms with van der Waals surface area (Å²) in [5.41, 5.74) is 0. The van der Waals surface area contributed by atoms with E-state index in [1.807, 2.05) is 43.3 Å². The van der Waals surface area contributed by atoms with Crippen molar-refractivity contribution in [2.45, 2.75) is 32.4 Å². The first kappa shape index (κ1) is 18.0. The van der Waals surface area contributed by atoms with E-state index < -0.39 is 0 Å². The third-order valence-electron chi connectivity index (χ3n) is 4.12. The summed E-state index contributed by atoms with van der Waals surface area (Å²) in [6.45, 7) is 3.64. The van der Waals surface area contributed by atoms with Crippen LogP contribution in [0.15, 0.2) is 45.3 Å². The number of furan rings is 1. The SMILES string of the molecule is Cc1ccc(CN(CC2CCCO2)C(=O)COc2ccc(Br)cc2)o1. The van der Waals surface area contributed by atoms with Crippen LogP contribution in [0.2, 0.25) is 0 Å².